The van der Waals surface area contributed by atoms with E-state index in [1.54, 1.807) is 20.8 Å². The van der Waals surface area contributed by atoms with Crippen molar-refractivity contribution in [2.24, 2.45) is 0 Å². The number of esters is 2. The topological polar surface area (TPSA) is 109 Å². The molecule has 0 fully saturated rings. The first kappa shape index (κ1) is 18.5. The van der Waals surface area contributed by atoms with Gasteiger partial charge in [-0.15, -0.1) is 0 Å². The maximum atomic E-state index is 11.7. The van der Waals surface area contributed by atoms with Crippen LogP contribution < -0.4 is 5.32 Å². The summed E-state index contributed by atoms with van der Waals surface area (Å²) in [7, 11) is 2.43. The van der Waals surface area contributed by atoms with Crippen LogP contribution in [0.2, 0.25) is 0 Å². The summed E-state index contributed by atoms with van der Waals surface area (Å²) in [5, 5.41) is 6.50. The maximum Gasteiger partial charge on any atom is 0.407 e. The van der Waals surface area contributed by atoms with Crippen LogP contribution in [0.1, 0.15) is 41.7 Å². The van der Waals surface area contributed by atoms with E-state index in [1.165, 1.54) is 25.0 Å². The molecule has 128 valence electrons. The number of nitrogens with one attached hydrogen (secondary N) is 1. The van der Waals surface area contributed by atoms with E-state index in [2.05, 4.69) is 19.9 Å². The minimum Gasteiger partial charge on any atom is -0.464 e. The minimum atomic E-state index is -0.672. The number of ether oxygens (including phenoxy) is 3. The van der Waals surface area contributed by atoms with Gasteiger partial charge in [0.25, 0.3) is 0 Å². The summed E-state index contributed by atoms with van der Waals surface area (Å²) in [6.07, 6.45) is -0.586. The Morgan fingerprint density at radius 2 is 1.78 bits per heavy atom. The van der Waals surface area contributed by atoms with Gasteiger partial charge in [-0.05, 0) is 20.8 Å². The molecule has 0 unspecified atom stereocenters. The summed E-state index contributed by atoms with van der Waals surface area (Å²) in [6.45, 7) is 5.55. The van der Waals surface area contributed by atoms with Crippen LogP contribution in [0.5, 0.6) is 0 Å². The summed E-state index contributed by atoms with van der Waals surface area (Å²) in [4.78, 5) is 34.7. The zero-order chi connectivity index (χ0) is 17.6. The van der Waals surface area contributed by atoms with Gasteiger partial charge in [-0.25, -0.2) is 14.4 Å². The molecular formula is C14H21N3O6. The average molecular weight is 327 g/mol. The molecule has 1 heterocycles. The number of hydrogen-bond acceptors (Lipinski definition) is 7. The number of carbonyl (C=O) groups excluding carboxylic acids is 3. The van der Waals surface area contributed by atoms with Gasteiger partial charge >= 0.3 is 18.0 Å². The number of aromatic nitrogens is 2. The van der Waals surface area contributed by atoms with Crippen molar-refractivity contribution in [2.45, 2.75) is 32.9 Å². The van der Waals surface area contributed by atoms with Crippen LogP contribution in [-0.2, 0) is 20.8 Å². The zero-order valence-corrected chi connectivity index (χ0v) is 13.8. The summed E-state index contributed by atoms with van der Waals surface area (Å²) in [5.41, 5.74) is -0.547. The summed E-state index contributed by atoms with van der Waals surface area (Å²) >= 11 is 0. The van der Waals surface area contributed by atoms with Crippen LogP contribution in [0.4, 0.5) is 4.79 Å². The van der Waals surface area contributed by atoms with Crippen LogP contribution in [0.25, 0.3) is 0 Å². The van der Waals surface area contributed by atoms with Crippen molar-refractivity contribution in [1.82, 2.24) is 15.1 Å². The Labute approximate surface area is 133 Å². The molecule has 9 heteroatoms. The molecule has 1 amide bonds. The summed E-state index contributed by atoms with van der Waals surface area (Å²) < 4.78 is 15.5. The third-order valence-corrected chi connectivity index (χ3v) is 2.56. The number of alkyl carbamates (subject to hydrolysis) is 1. The third-order valence-electron chi connectivity index (χ3n) is 2.56. The predicted octanol–water partition coefficient (Wildman–Crippen LogP) is 0.981. The van der Waals surface area contributed by atoms with Crippen molar-refractivity contribution in [3.8, 4) is 0 Å². The van der Waals surface area contributed by atoms with Crippen LogP contribution in [0.3, 0.4) is 0 Å². The lowest BCUT2D eigenvalue weighted by molar-refractivity contribution is 0.0522. The molecule has 1 aromatic heterocycles. The van der Waals surface area contributed by atoms with Gasteiger partial charge in [-0.2, -0.15) is 5.10 Å². The zero-order valence-electron chi connectivity index (χ0n) is 13.8. The molecule has 1 aromatic rings. The Morgan fingerprint density at radius 1 is 1.17 bits per heavy atom. The maximum absolute atomic E-state index is 11.7. The second kappa shape index (κ2) is 7.61. The normalized spacial score (nSPS) is 10.8. The van der Waals surface area contributed by atoms with E-state index in [9.17, 15) is 14.4 Å². The third kappa shape index (κ3) is 5.61. The molecular weight excluding hydrogens is 306 g/mol. The number of rotatable bonds is 5. The molecule has 1 N–H and O–H groups in total. The highest BCUT2D eigenvalue weighted by Crippen LogP contribution is 2.08. The van der Waals surface area contributed by atoms with Gasteiger partial charge in [0, 0.05) is 12.6 Å². The second-order valence-corrected chi connectivity index (χ2v) is 5.55. The van der Waals surface area contributed by atoms with Gasteiger partial charge in [0.05, 0.1) is 20.8 Å². The van der Waals surface area contributed by atoms with Crippen molar-refractivity contribution < 1.29 is 28.6 Å². The molecule has 0 radical (unpaired) electrons. The standard InChI is InChI=1S/C14H21N3O6/c1-14(2,3)23-13(20)15-6-7-17-10(12(19)22-5)8-9(16-17)11(18)21-4/h8H,6-7H2,1-5H3,(H,15,20). The molecule has 23 heavy (non-hydrogen) atoms. The molecule has 0 spiro atoms. The smallest absolute Gasteiger partial charge is 0.407 e. The lowest BCUT2D eigenvalue weighted by atomic mass is 10.2. The van der Waals surface area contributed by atoms with Crippen molar-refractivity contribution in [3.63, 3.8) is 0 Å². The first-order chi connectivity index (χ1) is 10.7. The van der Waals surface area contributed by atoms with E-state index >= 15 is 0 Å². The fraction of sp³-hybridized carbons (Fsp3) is 0.571. The highest BCUT2D eigenvalue weighted by Gasteiger charge is 2.20. The fourth-order valence-corrected chi connectivity index (χ4v) is 1.64. The molecule has 0 aliphatic rings. The Bertz CT molecular complexity index is 588. The van der Waals surface area contributed by atoms with Gasteiger partial charge in [-0.1, -0.05) is 0 Å². The number of amides is 1. The molecule has 0 saturated carbocycles. The fourth-order valence-electron chi connectivity index (χ4n) is 1.64. The second-order valence-electron chi connectivity index (χ2n) is 5.55. The number of methoxy groups -OCH3 is 2. The van der Waals surface area contributed by atoms with E-state index in [0.29, 0.717) is 0 Å². The first-order valence-corrected chi connectivity index (χ1v) is 6.89. The average Bonchev–Trinajstić information content (AvgIpc) is 2.87. The van der Waals surface area contributed by atoms with Crippen LogP contribution in [-0.4, -0.2) is 54.2 Å². The van der Waals surface area contributed by atoms with Gasteiger partial charge in [0.15, 0.2) is 5.69 Å². The van der Waals surface area contributed by atoms with E-state index in [4.69, 9.17) is 4.74 Å². The Kier molecular flexibility index (Phi) is 6.11. The van der Waals surface area contributed by atoms with E-state index in [1.807, 2.05) is 0 Å². The Morgan fingerprint density at radius 3 is 2.30 bits per heavy atom. The number of carbonyl (C=O) groups is 3. The van der Waals surface area contributed by atoms with Gasteiger partial charge in [0.2, 0.25) is 0 Å². The predicted molar refractivity (Wildman–Crippen MR) is 79.1 cm³/mol. The van der Waals surface area contributed by atoms with Crippen LogP contribution in [0, 0.1) is 0 Å². The van der Waals surface area contributed by atoms with Crippen molar-refractivity contribution in [1.29, 1.82) is 0 Å². The Balaban J connectivity index is 2.75. The number of nitrogens with zero attached hydrogens (tertiary/aromatic N) is 2. The quantitative estimate of drug-likeness (QED) is 0.634. The number of hydrogen-bond donors (Lipinski definition) is 1. The molecule has 9 nitrogen and oxygen atoms in total. The largest absolute Gasteiger partial charge is 0.464 e. The SMILES string of the molecule is COC(=O)c1cc(C(=O)OC)n(CCNC(=O)OC(C)(C)C)n1. The van der Waals surface area contributed by atoms with Crippen LogP contribution >= 0.6 is 0 Å². The van der Waals surface area contributed by atoms with E-state index in [0.717, 1.165) is 0 Å². The van der Waals surface area contributed by atoms with Gasteiger partial charge in [0.1, 0.15) is 11.3 Å². The molecule has 0 aliphatic carbocycles. The van der Waals surface area contributed by atoms with Gasteiger partial charge in [-0.3, -0.25) is 4.68 Å². The highest BCUT2D eigenvalue weighted by molar-refractivity contribution is 5.93. The molecule has 0 bridgehead atoms. The van der Waals surface area contributed by atoms with Crippen molar-refractivity contribution in [2.75, 3.05) is 20.8 Å². The van der Waals surface area contributed by atoms with E-state index in [-0.39, 0.29) is 24.5 Å². The molecule has 1 rings (SSSR count). The summed E-state index contributed by atoms with van der Waals surface area (Å²) in [5.74, 6) is -1.32. The Hall–Kier alpha value is -2.58. The molecule has 0 aliphatic heterocycles. The molecule has 0 saturated heterocycles. The van der Waals surface area contributed by atoms with Gasteiger partial charge < -0.3 is 19.5 Å². The monoisotopic (exact) mass is 327 g/mol. The summed E-state index contributed by atoms with van der Waals surface area (Å²) in [6, 6.07) is 1.27. The van der Waals surface area contributed by atoms with Crippen LogP contribution in [0.15, 0.2) is 6.07 Å². The van der Waals surface area contributed by atoms with E-state index < -0.39 is 23.6 Å². The lowest BCUT2D eigenvalue weighted by Gasteiger charge is -2.19. The molecule has 0 aromatic carbocycles. The first-order valence-electron chi connectivity index (χ1n) is 6.89. The minimum absolute atomic E-state index is 0.0230. The van der Waals surface area contributed by atoms with Crippen molar-refractivity contribution in [3.05, 3.63) is 17.5 Å². The molecule has 0 atom stereocenters. The highest BCUT2D eigenvalue weighted by atomic mass is 16.6. The van der Waals surface area contributed by atoms with Crippen molar-refractivity contribution >= 4 is 18.0 Å². The lowest BCUT2D eigenvalue weighted by Crippen LogP contribution is -2.34.